The first-order valence-corrected chi connectivity index (χ1v) is 9.67. The standard InChI is InChI=1S/C21H25NO6/c1-3-5-8-12(4-2)21(26)27-16-10-7-6-9-13(16)20(25)22-14-11-15(23)18-19(28-18)17(14)24/h6-7,9-12,17-19,24H,3-5,8H2,1-2H3,(H,22,25). The Kier molecular flexibility index (Phi) is 6.26. The molecular weight excluding hydrogens is 362 g/mol. The SMILES string of the molecule is CCCCC(CC)C(=O)Oc1ccccc1C(=O)NC1=CC(=O)C2OC2C1O. The van der Waals surface area contributed by atoms with Crippen molar-refractivity contribution in [2.75, 3.05) is 0 Å². The molecule has 1 saturated heterocycles. The minimum absolute atomic E-state index is 0.0873. The van der Waals surface area contributed by atoms with Crippen LogP contribution in [0.2, 0.25) is 0 Å². The molecule has 1 aliphatic carbocycles. The molecular formula is C21H25NO6. The van der Waals surface area contributed by atoms with Gasteiger partial charge < -0.3 is 19.9 Å². The molecule has 3 rings (SSSR count). The molecule has 0 aromatic heterocycles. The molecule has 0 saturated carbocycles. The number of hydrogen-bond acceptors (Lipinski definition) is 6. The molecule has 7 nitrogen and oxygen atoms in total. The zero-order chi connectivity index (χ0) is 20.3. The van der Waals surface area contributed by atoms with Crippen LogP contribution < -0.4 is 10.1 Å². The fourth-order valence-electron chi connectivity index (χ4n) is 3.27. The van der Waals surface area contributed by atoms with Gasteiger partial charge in [0.05, 0.1) is 17.2 Å². The maximum atomic E-state index is 12.7. The van der Waals surface area contributed by atoms with Crippen molar-refractivity contribution in [1.29, 1.82) is 0 Å². The number of epoxide rings is 1. The third-order valence-corrected chi connectivity index (χ3v) is 5.07. The van der Waals surface area contributed by atoms with Crippen LogP contribution in [0.15, 0.2) is 36.0 Å². The van der Waals surface area contributed by atoms with Crippen molar-refractivity contribution in [2.24, 2.45) is 5.92 Å². The van der Waals surface area contributed by atoms with Gasteiger partial charge in [0.15, 0.2) is 5.78 Å². The van der Waals surface area contributed by atoms with Crippen molar-refractivity contribution in [1.82, 2.24) is 5.32 Å². The van der Waals surface area contributed by atoms with E-state index in [1.807, 2.05) is 6.92 Å². The highest BCUT2D eigenvalue weighted by Crippen LogP contribution is 2.33. The first-order chi connectivity index (χ1) is 13.5. The highest BCUT2D eigenvalue weighted by atomic mass is 16.6. The molecule has 4 unspecified atom stereocenters. The van der Waals surface area contributed by atoms with Gasteiger partial charge >= 0.3 is 5.97 Å². The van der Waals surface area contributed by atoms with E-state index in [2.05, 4.69) is 12.2 Å². The third kappa shape index (κ3) is 4.31. The summed E-state index contributed by atoms with van der Waals surface area (Å²) in [5, 5.41) is 12.7. The van der Waals surface area contributed by atoms with E-state index in [1.54, 1.807) is 18.2 Å². The number of esters is 1. The van der Waals surface area contributed by atoms with Crippen LogP contribution in [0.3, 0.4) is 0 Å². The quantitative estimate of drug-likeness (QED) is 0.402. The second kappa shape index (κ2) is 8.67. The number of ketones is 1. The topological polar surface area (TPSA) is 105 Å². The molecule has 4 atom stereocenters. The Hall–Kier alpha value is -2.51. The molecule has 1 heterocycles. The van der Waals surface area contributed by atoms with E-state index in [0.717, 1.165) is 19.3 Å². The lowest BCUT2D eigenvalue weighted by Crippen LogP contribution is -2.37. The Morgan fingerprint density at radius 1 is 1.29 bits per heavy atom. The van der Waals surface area contributed by atoms with Crippen LogP contribution in [0.4, 0.5) is 0 Å². The number of aliphatic hydroxyl groups excluding tert-OH is 1. The van der Waals surface area contributed by atoms with Gasteiger partial charge in [-0.15, -0.1) is 0 Å². The largest absolute Gasteiger partial charge is 0.425 e. The van der Waals surface area contributed by atoms with Gasteiger partial charge in [-0.05, 0) is 25.0 Å². The van der Waals surface area contributed by atoms with Crippen LogP contribution >= 0.6 is 0 Å². The Balaban J connectivity index is 1.72. The van der Waals surface area contributed by atoms with Crippen LogP contribution in [-0.2, 0) is 14.3 Å². The van der Waals surface area contributed by atoms with Crippen molar-refractivity contribution in [3.8, 4) is 5.75 Å². The number of nitrogens with one attached hydrogen (secondary N) is 1. The molecule has 28 heavy (non-hydrogen) atoms. The van der Waals surface area contributed by atoms with Gasteiger partial charge in [-0.1, -0.05) is 38.8 Å². The van der Waals surface area contributed by atoms with E-state index in [0.29, 0.717) is 6.42 Å². The summed E-state index contributed by atoms with van der Waals surface area (Å²) >= 11 is 0. The molecule has 7 heteroatoms. The van der Waals surface area contributed by atoms with Crippen molar-refractivity contribution >= 4 is 17.7 Å². The Labute approximate surface area is 163 Å². The first-order valence-electron chi connectivity index (χ1n) is 9.67. The van der Waals surface area contributed by atoms with Crippen LogP contribution in [0.25, 0.3) is 0 Å². The van der Waals surface area contributed by atoms with E-state index in [1.165, 1.54) is 12.1 Å². The van der Waals surface area contributed by atoms with Crippen LogP contribution in [0, 0.1) is 5.92 Å². The Bertz CT molecular complexity index is 802. The zero-order valence-electron chi connectivity index (χ0n) is 16.0. The molecule has 1 fully saturated rings. The molecule has 1 aromatic rings. The number of ether oxygens (including phenoxy) is 2. The molecule has 0 bridgehead atoms. The van der Waals surface area contributed by atoms with E-state index in [-0.39, 0.29) is 34.7 Å². The lowest BCUT2D eigenvalue weighted by molar-refractivity contribution is -0.139. The summed E-state index contributed by atoms with van der Waals surface area (Å²) in [6.07, 6.45) is 2.22. The minimum Gasteiger partial charge on any atom is -0.425 e. The second-order valence-corrected chi connectivity index (χ2v) is 7.09. The van der Waals surface area contributed by atoms with Crippen LogP contribution in [0.1, 0.15) is 49.9 Å². The van der Waals surface area contributed by atoms with Crippen molar-refractivity contribution in [2.45, 2.75) is 57.8 Å². The summed E-state index contributed by atoms with van der Waals surface area (Å²) in [6, 6.07) is 6.40. The van der Waals surface area contributed by atoms with Crippen molar-refractivity contribution in [3.63, 3.8) is 0 Å². The maximum Gasteiger partial charge on any atom is 0.314 e. The van der Waals surface area contributed by atoms with E-state index in [4.69, 9.17) is 9.47 Å². The smallest absolute Gasteiger partial charge is 0.314 e. The Morgan fingerprint density at radius 3 is 2.75 bits per heavy atom. The summed E-state index contributed by atoms with van der Waals surface area (Å²) in [6.45, 7) is 3.99. The molecule has 1 aromatic carbocycles. The zero-order valence-corrected chi connectivity index (χ0v) is 16.0. The van der Waals surface area contributed by atoms with Gasteiger partial charge in [0, 0.05) is 6.08 Å². The lowest BCUT2D eigenvalue weighted by Gasteiger charge is -2.18. The summed E-state index contributed by atoms with van der Waals surface area (Å²) in [4.78, 5) is 37.0. The van der Waals surface area contributed by atoms with Gasteiger partial charge in [0.25, 0.3) is 5.91 Å². The van der Waals surface area contributed by atoms with Gasteiger partial charge in [-0.25, -0.2) is 0 Å². The average Bonchev–Trinajstić information content (AvgIpc) is 3.48. The fraction of sp³-hybridized carbons (Fsp3) is 0.476. The summed E-state index contributed by atoms with van der Waals surface area (Å²) in [5.74, 6) is -1.29. The number of unbranched alkanes of at least 4 members (excludes halogenated alkanes) is 1. The average molecular weight is 387 g/mol. The van der Waals surface area contributed by atoms with Crippen molar-refractivity contribution in [3.05, 3.63) is 41.6 Å². The highest BCUT2D eigenvalue weighted by Gasteiger charge is 2.53. The number of hydrogen-bond donors (Lipinski definition) is 2. The van der Waals surface area contributed by atoms with Crippen LogP contribution in [0.5, 0.6) is 5.75 Å². The minimum atomic E-state index is -1.07. The normalized spacial score (nSPS) is 24.0. The molecule has 1 amide bonds. The molecule has 1 aliphatic heterocycles. The number of benzene rings is 1. The van der Waals surface area contributed by atoms with Crippen molar-refractivity contribution < 1.29 is 29.0 Å². The number of fused-ring (bicyclic) bond motifs is 1. The second-order valence-electron chi connectivity index (χ2n) is 7.09. The third-order valence-electron chi connectivity index (χ3n) is 5.07. The molecule has 0 radical (unpaired) electrons. The fourth-order valence-corrected chi connectivity index (χ4v) is 3.27. The highest BCUT2D eigenvalue weighted by molar-refractivity contribution is 6.02. The van der Waals surface area contributed by atoms with Gasteiger partial charge in [0.2, 0.25) is 0 Å². The van der Waals surface area contributed by atoms with E-state index < -0.39 is 24.2 Å². The van der Waals surface area contributed by atoms with E-state index in [9.17, 15) is 19.5 Å². The number of aliphatic hydroxyl groups is 1. The number of para-hydroxylation sites is 1. The first kappa shape index (κ1) is 20.2. The molecule has 0 spiro atoms. The molecule has 2 aliphatic rings. The maximum absolute atomic E-state index is 12.7. The number of carbonyl (C=O) groups excluding carboxylic acids is 3. The predicted octanol–water partition coefficient (Wildman–Crippen LogP) is 2.13. The Morgan fingerprint density at radius 2 is 2.04 bits per heavy atom. The monoisotopic (exact) mass is 387 g/mol. The number of carbonyl (C=O) groups is 3. The van der Waals surface area contributed by atoms with E-state index >= 15 is 0 Å². The predicted molar refractivity (Wildman–Crippen MR) is 101 cm³/mol. The van der Waals surface area contributed by atoms with Gasteiger partial charge in [-0.2, -0.15) is 0 Å². The summed E-state index contributed by atoms with van der Waals surface area (Å²) < 4.78 is 10.6. The summed E-state index contributed by atoms with van der Waals surface area (Å²) in [5.41, 5.74) is 0.241. The lowest BCUT2D eigenvalue weighted by atomic mass is 9.99. The molecule has 2 N–H and O–H groups in total. The van der Waals surface area contributed by atoms with Crippen LogP contribution in [-0.4, -0.2) is 41.1 Å². The molecule has 150 valence electrons. The van der Waals surface area contributed by atoms with Gasteiger partial charge in [-0.3, -0.25) is 14.4 Å². The summed E-state index contributed by atoms with van der Waals surface area (Å²) in [7, 11) is 0. The number of rotatable bonds is 8. The van der Waals surface area contributed by atoms with Gasteiger partial charge in [0.1, 0.15) is 24.1 Å². The number of amides is 1.